The maximum absolute atomic E-state index is 12.3. The second-order valence-corrected chi connectivity index (χ2v) is 5.84. The van der Waals surface area contributed by atoms with Crippen LogP contribution in [0.4, 0.5) is 0 Å². The van der Waals surface area contributed by atoms with Gasteiger partial charge in [-0.1, -0.05) is 35.9 Å². The van der Waals surface area contributed by atoms with E-state index in [-0.39, 0.29) is 11.8 Å². The van der Waals surface area contributed by atoms with E-state index in [9.17, 15) is 9.59 Å². The van der Waals surface area contributed by atoms with E-state index in [1.165, 1.54) is 5.56 Å². The first-order valence-electron chi connectivity index (χ1n) is 7.99. The first-order valence-corrected chi connectivity index (χ1v) is 7.99. The monoisotopic (exact) mass is 316 g/mol. The summed E-state index contributed by atoms with van der Waals surface area (Å²) < 4.78 is 0. The Balaban J connectivity index is 1.80. The molecule has 5 heteroatoms. The van der Waals surface area contributed by atoms with Gasteiger partial charge in [0.25, 0.3) is 0 Å². The number of nitrogens with zero attached hydrogens (tertiary/aromatic N) is 2. The Kier molecular flexibility index (Phi) is 6.35. The Hall–Kier alpha value is -2.14. The standard InChI is InChI=1S/C18H24N2O3/c1-15(7-8-16-5-3-2-4-6-16)13-17(22)19-9-11-20(12-10-19)18(23)14-21/h2-6,13,21H,7-12,14H2,1H3/b15-13-. The van der Waals surface area contributed by atoms with Crippen molar-refractivity contribution in [2.75, 3.05) is 32.8 Å². The second kappa shape index (κ2) is 8.48. The second-order valence-electron chi connectivity index (χ2n) is 5.84. The van der Waals surface area contributed by atoms with Crippen LogP contribution in [0, 0.1) is 0 Å². The van der Waals surface area contributed by atoms with Gasteiger partial charge in [-0.2, -0.15) is 0 Å². The molecule has 124 valence electrons. The molecule has 1 aliphatic rings. The minimum absolute atomic E-state index is 0.00617. The van der Waals surface area contributed by atoms with E-state index in [2.05, 4.69) is 12.1 Å². The number of aryl methyl sites for hydroxylation is 1. The topological polar surface area (TPSA) is 60.9 Å². The maximum atomic E-state index is 12.3. The number of hydrogen-bond acceptors (Lipinski definition) is 3. The van der Waals surface area contributed by atoms with Crippen molar-refractivity contribution in [2.24, 2.45) is 0 Å². The number of aliphatic hydroxyl groups is 1. The molecule has 0 radical (unpaired) electrons. The lowest BCUT2D eigenvalue weighted by molar-refractivity contribution is -0.139. The molecule has 0 bridgehead atoms. The molecule has 0 aromatic heterocycles. The van der Waals surface area contributed by atoms with E-state index in [0.717, 1.165) is 18.4 Å². The number of benzene rings is 1. The van der Waals surface area contributed by atoms with Gasteiger partial charge in [0.2, 0.25) is 11.8 Å². The van der Waals surface area contributed by atoms with Gasteiger partial charge in [-0.3, -0.25) is 9.59 Å². The molecule has 1 aliphatic heterocycles. The van der Waals surface area contributed by atoms with Crippen molar-refractivity contribution >= 4 is 11.8 Å². The molecular formula is C18H24N2O3. The van der Waals surface area contributed by atoms with E-state index < -0.39 is 6.61 Å². The molecule has 0 saturated carbocycles. The summed E-state index contributed by atoms with van der Waals surface area (Å²) in [5, 5.41) is 8.85. The number of piperazine rings is 1. The molecule has 1 aromatic rings. The third kappa shape index (κ3) is 5.21. The molecule has 2 amide bonds. The number of carbonyl (C=O) groups excluding carboxylic acids is 2. The minimum atomic E-state index is -0.466. The van der Waals surface area contributed by atoms with Crippen molar-refractivity contribution in [3.05, 3.63) is 47.5 Å². The summed E-state index contributed by atoms with van der Waals surface area (Å²) in [4.78, 5) is 27.0. The summed E-state index contributed by atoms with van der Waals surface area (Å²) in [6.45, 7) is 3.53. The Labute approximate surface area is 137 Å². The molecule has 23 heavy (non-hydrogen) atoms. The summed E-state index contributed by atoms with van der Waals surface area (Å²) in [6, 6.07) is 10.2. The lowest BCUT2D eigenvalue weighted by Gasteiger charge is -2.34. The Morgan fingerprint density at radius 2 is 1.70 bits per heavy atom. The summed E-state index contributed by atoms with van der Waals surface area (Å²) in [6.07, 6.45) is 3.49. The SMILES string of the molecule is C/C(=C/C(=O)N1CCN(C(=O)CO)CC1)CCc1ccccc1. The lowest BCUT2D eigenvalue weighted by atomic mass is 10.1. The van der Waals surface area contributed by atoms with Crippen molar-refractivity contribution in [3.63, 3.8) is 0 Å². The largest absolute Gasteiger partial charge is 0.387 e. The molecule has 0 spiro atoms. The summed E-state index contributed by atoms with van der Waals surface area (Å²) in [7, 11) is 0. The molecule has 0 aliphatic carbocycles. The predicted octanol–water partition coefficient (Wildman–Crippen LogP) is 1.23. The zero-order chi connectivity index (χ0) is 16.7. The number of aliphatic hydroxyl groups excluding tert-OH is 1. The molecule has 1 fully saturated rings. The van der Waals surface area contributed by atoms with Crippen LogP contribution in [0.5, 0.6) is 0 Å². The number of allylic oxidation sites excluding steroid dienone is 1. The third-order valence-corrected chi connectivity index (χ3v) is 4.10. The average molecular weight is 316 g/mol. The van der Waals surface area contributed by atoms with Crippen molar-refractivity contribution in [3.8, 4) is 0 Å². The van der Waals surface area contributed by atoms with Crippen LogP contribution < -0.4 is 0 Å². The van der Waals surface area contributed by atoms with E-state index >= 15 is 0 Å². The van der Waals surface area contributed by atoms with Gasteiger partial charge in [-0.05, 0) is 25.3 Å². The highest BCUT2D eigenvalue weighted by Gasteiger charge is 2.22. The van der Waals surface area contributed by atoms with Crippen molar-refractivity contribution in [2.45, 2.75) is 19.8 Å². The highest BCUT2D eigenvalue weighted by atomic mass is 16.3. The van der Waals surface area contributed by atoms with Crippen molar-refractivity contribution in [1.82, 2.24) is 9.80 Å². The zero-order valence-corrected chi connectivity index (χ0v) is 13.6. The van der Waals surface area contributed by atoms with Crippen LogP contribution in [-0.4, -0.2) is 59.5 Å². The van der Waals surface area contributed by atoms with Gasteiger partial charge in [0.05, 0.1) is 0 Å². The molecular weight excluding hydrogens is 292 g/mol. The summed E-state index contributed by atoms with van der Waals surface area (Å²) >= 11 is 0. The van der Waals surface area contributed by atoms with Gasteiger partial charge < -0.3 is 14.9 Å². The van der Waals surface area contributed by atoms with Crippen molar-refractivity contribution in [1.29, 1.82) is 0 Å². The fraction of sp³-hybridized carbons (Fsp3) is 0.444. The molecule has 1 N–H and O–H groups in total. The van der Waals surface area contributed by atoms with Gasteiger partial charge in [-0.25, -0.2) is 0 Å². The minimum Gasteiger partial charge on any atom is -0.387 e. The smallest absolute Gasteiger partial charge is 0.248 e. The zero-order valence-electron chi connectivity index (χ0n) is 13.6. The Bertz CT molecular complexity index is 561. The van der Waals surface area contributed by atoms with Gasteiger partial charge in [-0.15, -0.1) is 0 Å². The number of rotatable bonds is 5. The van der Waals surface area contributed by atoms with Crippen LogP contribution in [0.1, 0.15) is 18.9 Å². The Morgan fingerprint density at radius 3 is 2.30 bits per heavy atom. The molecule has 1 heterocycles. The maximum Gasteiger partial charge on any atom is 0.248 e. The number of carbonyl (C=O) groups is 2. The number of amides is 2. The highest BCUT2D eigenvalue weighted by Crippen LogP contribution is 2.10. The van der Waals surface area contributed by atoms with Crippen LogP contribution in [0.2, 0.25) is 0 Å². The summed E-state index contributed by atoms with van der Waals surface area (Å²) in [5.74, 6) is -0.265. The molecule has 0 unspecified atom stereocenters. The summed E-state index contributed by atoms with van der Waals surface area (Å²) in [5.41, 5.74) is 2.33. The lowest BCUT2D eigenvalue weighted by Crippen LogP contribution is -2.51. The first-order chi connectivity index (χ1) is 11.1. The first kappa shape index (κ1) is 17.2. The van der Waals surface area contributed by atoms with Crippen LogP contribution in [0.25, 0.3) is 0 Å². The van der Waals surface area contributed by atoms with Crippen molar-refractivity contribution < 1.29 is 14.7 Å². The van der Waals surface area contributed by atoms with E-state index in [1.54, 1.807) is 15.9 Å². The molecule has 0 atom stereocenters. The average Bonchev–Trinajstić information content (AvgIpc) is 2.60. The molecule has 1 aromatic carbocycles. The van der Waals surface area contributed by atoms with E-state index in [4.69, 9.17) is 5.11 Å². The normalized spacial score (nSPS) is 15.7. The quantitative estimate of drug-likeness (QED) is 0.831. The molecule has 1 saturated heterocycles. The van der Waals surface area contributed by atoms with Crippen LogP contribution >= 0.6 is 0 Å². The highest BCUT2D eigenvalue weighted by molar-refractivity contribution is 5.88. The van der Waals surface area contributed by atoms with Gasteiger partial charge in [0, 0.05) is 32.3 Å². The molecule has 5 nitrogen and oxygen atoms in total. The molecule has 2 rings (SSSR count). The van der Waals surface area contributed by atoms with Crippen LogP contribution in [0.3, 0.4) is 0 Å². The third-order valence-electron chi connectivity index (χ3n) is 4.10. The van der Waals surface area contributed by atoms with Gasteiger partial charge in [0.15, 0.2) is 0 Å². The van der Waals surface area contributed by atoms with Gasteiger partial charge >= 0.3 is 0 Å². The predicted molar refractivity (Wildman–Crippen MR) is 88.8 cm³/mol. The fourth-order valence-electron chi connectivity index (χ4n) is 2.64. The fourth-order valence-corrected chi connectivity index (χ4v) is 2.64. The Morgan fingerprint density at radius 1 is 1.09 bits per heavy atom. The van der Waals surface area contributed by atoms with Crippen LogP contribution in [0.15, 0.2) is 42.0 Å². The van der Waals surface area contributed by atoms with E-state index in [0.29, 0.717) is 26.2 Å². The van der Waals surface area contributed by atoms with Gasteiger partial charge in [0.1, 0.15) is 6.61 Å². The van der Waals surface area contributed by atoms with Crippen LogP contribution in [-0.2, 0) is 16.0 Å². The number of hydrogen-bond donors (Lipinski definition) is 1. The van der Waals surface area contributed by atoms with E-state index in [1.807, 2.05) is 25.1 Å².